The number of hydrogen-bond donors (Lipinski definition) is 2. The molecule has 0 aliphatic carbocycles. The molecule has 0 bridgehead atoms. The minimum Gasteiger partial charge on any atom is -0.359 e. The lowest BCUT2D eigenvalue weighted by Crippen LogP contribution is -3.16. The van der Waals surface area contributed by atoms with Crippen LogP contribution in [0, 0.1) is 0 Å². The molecule has 1 saturated heterocycles. The molecule has 1 fully saturated rings. The summed E-state index contributed by atoms with van der Waals surface area (Å²) in [4.78, 5) is 16.0. The molecule has 27 heavy (non-hydrogen) atoms. The molecular formula is C22H29ClN3O+. The van der Waals surface area contributed by atoms with E-state index in [9.17, 15) is 4.79 Å². The first kappa shape index (κ1) is 19.7. The van der Waals surface area contributed by atoms with Crippen molar-refractivity contribution in [2.24, 2.45) is 0 Å². The van der Waals surface area contributed by atoms with Gasteiger partial charge in [-0.1, -0.05) is 54.1 Å². The van der Waals surface area contributed by atoms with Crippen LogP contribution in [0.5, 0.6) is 0 Å². The van der Waals surface area contributed by atoms with E-state index in [-0.39, 0.29) is 11.9 Å². The van der Waals surface area contributed by atoms with E-state index in [1.54, 1.807) is 0 Å². The van der Waals surface area contributed by atoms with E-state index in [0.717, 1.165) is 49.7 Å². The van der Waals surface area contributed by atoms with Crippen LogP contribution in [0.3, 0.4) is 0 Å². The number of piperazine rings is 1. The molecule has 1 atom stereocenters. The number of hydrogen-bond acceptors (Lipinski definition) is 2. The molecule has 2 aromatic rings. The molecule has 1 heterocycles. The van der Waals surface area contributed by atoms with E-state index >= 15 is 0 Å². The third kappa shape index (κ3) is 5.98. The molecule has 0 saturated carbocycles. The van der Waals surface area contributed by atoms with E-state index in [1.807, 2.05) is 24.3 Å². The predicted molar refractivity (Wildman–Crippen MR) is 112 cm³/mol. The summed E-state index contributed by atoms with van der Waals surface area (Å²) in [6, 6.07) is 18.6. The molecule has 4 nitrogen and oxygen atoms in total. The summed E-state index contributed by atoms with van der Waals surface area (Å²) in [5.41, 5.74) is 2.41. The van der Waals surface area contributed by atoms with Crippen molar-refractivity contribution in [3.63, 3.8) is 0 Å². The number of aryl methyl sites for hydroxylation is 1. The third-order valence-corrected chi connectivity index (χ3v) is 5.51. The van der Waals surface area contributed by atoms with Crippen LogP contribution in [0.1, 0.15) is 18.9 Å². The van der Waals surface area contributed by atoms with Crippen molar-refractivity contribution in [1.82, 2.24) is 5.32 Å². The highest BCUT2D eigenvalue weighted by Crippen LogP contribution is 2.24. The molecule has 1 aliphatic rings. The van der Waals surface area contributed by atoms with Gasteiger partial charge in [-0.2, -0.15) is 0 Å². The number of nitrogens with zero attached hydrogens (tertiary/aromatic N) is 1. The van der Waals surface area contributed by atoms with Crippen molar-refractivity contribution in [3.8, 4) is 0 Å². The zero-order valence-corrected chi connectivity index (χ0v) is 16.7. The van der Waals surface area contributed by atoms with Crippen molar-refractivity contribution in [1.29, 1.82) is 0 Å². The fourth-order valence-corrected chi connectivity index (χ4v) is 3.86. The second-order valence-electron chi connectivity index (χ2n) is 7.36. The van der Waals surface area contributed by atoms with Gasteiger partial charge >= 0.3 is 0 Å². The summed E-state index contributed by atoms with van der Waals surface area (Å²) in [5.74, 6) is 0.150. The van der Waals surface area contributed by atoms with Crippen LogP contribution < -0.4 is 15.1 Å². The van der Waals surface area contributed by atoms with Crippen LogP contribution in [-0.4, -0.2) is 44.7 Å². The van der Waals surface area contributed by atoms with E-state index in [4.69, 9.17) is 11.6 Å². The van der Waals surface area contributed by atoms with Gasteiger partial charge in [0.2, 0.25) is 0 Å². The molecule has 0 radical (unpaired) electrons. The zero-order valence-electron chi connectivity index (χ0n) is 16.0. The van der Waals surface area contributed by atoms with Gasteiger partial charge in [-0.25, -0.2) is 0 Å². The van der Waals surface area contributed by atoms with Crippen molar-refractivity contribution in [3.05, 3.63) is 65.2 Å². The zero-order chi connectivity index (χ0) is 19.1. The number of amides is 1. The molecule has 5 heteroatoms. The van der Waals surface area contributed by atoms with Crippen molar-refractivity contribution < 1.29 is 9.69 Å². The summed E-state index contributed by atoms with van der Waals surface area (Å²) in [5, 5.41) is 3.95. The second kappa shape index (κ2) is 9.77. The van der Waals surface area contributed by atoms with Crippen LogP contribution in [0.15, 0.2) is 54.6 Å². The summed E-state index contributed by atoms with van der Waals surface area (Å²) in [6.07, 6.45) is 1.96. The van der Waals surface area contributed by atoms with Crippen LogP contribution in [0.4, 0.5) is 5.69 Å². The first-order valence-corrected chi connectivity index (χ1v) is 10.2. The summed E-state index contributed by atoms with van der Waals surface area (Å²) in [7, 11) is 0. The third-order valence-electron chi connectivity index (χ3n) is 5.19. The van der Waals surface area contributed by atoms with E-state index in [0.29, 0.717) is 6.54 Å². The van der Waals surface area contributed by atoms with Gasteiger partial charge in [-0.15, -0.1) is 0 Å². The Morgan fingerprint density at radius 2 is 1.78 bits per heavy atom. The molecule has 3 rings (SSSR count). The van der Waals surface area contributed by atoms with Gasteiger partial charge < -0.3 is 15.1 Å². The van der Waals surface area contributed by atoms with Gasteiger partial charge in [-0.3, -0.25) is 4.79 Å². The number of rotatable bonds is 7. The largest absolute Gasteiger partial charge is 0.359 e. The van der Waals surface area contributed by atoms with Gasteiger partial charge in [0.25, 0.3) is 5.91 Å². The minimum atomic E-state index is 0.150. The SMILES string of the molecule is C[C@H](CCc1ccccc1)NC(=O)C[NH+]1CCN(c2ccccc2Cl)CC1. The van der Waals surface area contributed by atoms with Crippen molar-refractivity contribution >= 4 is 23.2 Å². The Labute approximate surface area is 167 Å². The van der Waals surface area contributed by atoms with Crippen LogP contribution in [-0.2, 0) is 11.2 Å². The minimum absolute atomic E-state index is 0.150. The van der Waals surface area contributed by atoms with Gasteiger partial charge in [-0.05, 0) is 37.5 Å². The lowest BCUT2D eigenvalue weighted by molar-refractivity contribution is -0.892. The smallest absolute Gasteiger partial charge is 0.275 e. The van der Waals surface area contributed by atoms with E-state index in [2.05, 4.69) is 47.5 Å². The predicted octanol–water partition coefficient (Wildman–Crippen LogP) is 2.18. The quantitative estimate of drug-likeness (QED) is 0.765. The maximum absolute atomic E-state index is 12.4. The molecule has 2 aromatic carbocycles. The number of para-hydroxylation sites is 1. The number of halogens is 1. The average Bonchev–Trinajstić information content (AvgIpc) is 2.68. The molecule has 1 amide bonds. The Morgan fingerprint density at radius 3 is 2.48 bits per heavy atom. The maximum Gasteiger partial charge on any atom is 0.275 e. The van der Waals surface area contributed by atoms with Gasteiger partial charge in [0.05, 0.1) is 36.9 Å². The Kier molecular flexibility index (Phi) is 7.13. The normalized spacial score (nSPS) is 16.1. The number of nitrogens with one attached hydrogen (secondary N) is 2. The molecule has 2 N–H and O–H groups in total. The standard InChI is InChI=1S/C22H28ClN3O/c1-18(11-12-19-7-3-2-4-8-19)24-22(27)17-25-13-15-26(16-14-25)21-10-6-5-9-20(21)23/h2-10,18H,11-17H2,1H3,(H,24,27)/p+1/t18-/m1/s1. The fraction of sp³-hybridized carbons (Fsp3) is 0.409. The number of carbonyl (C=O) groups is 1. The van der Waals surface area contributed by atoms with E-state index < -0.39 is 0 Å². The lowest BCUT2D eigenvalue weighted by atomic mass is 10.1. The number of anilines is 1. The van der Waals surface area contributed by atoms with Crippen LogP contribution in [0.2, 0.25) is 5.02 Å². The lowest BCUT2D eigenvalue weighted by Gasteiger charge is -2.33. The van der Waals surface area contributed by atoms with Crippen molar-refractivity contribution in [2.75, 3.05) is 37.6 Å². The highest BCUT2D eigenvalue weighted by atomic mass is 35.5. The first-order valence-electron chi connectivity index (χ1n) is 9.78. The molecule has 0 unspecified atom stereocenters. The first-order chi connectivity index (χ1) is 13.1. The Hall–Kier alpha value is -2.04. The average molecular weight is 387 g/mol. The van der Waals surface area contributed by atoms with Crippen molar-refractivity contribution in [2.45, 2.75) is 25.8 Å². The topological polar surface area (TPSA) is 36.8 Å². The summed E-state index contributed by atoms with van der Waals surface area (Å²) in [6.45, 7) is 6.40. The van der Waals surface area contributed by atoms with Crippen LogP contribution >= 0.6 is 11.6 Å². The Balaban J connectivity index is 1.38. The number of carbonyl (C=O) groups excluding carboxylic acids is 1. The summed E-state index contributed by atoms with van der Waals surface area (Å²) < 4.78 is 0. The summed E-state index contributed by atoms with van der Waals surface area (Å²) >= 11 is 6.30. The highest BCUT2D eigenvalue weighted by Gasteiger charge is 2.23. The molecular weight excluding hydrogens is 358 g/mol. The Bertz CT molecular complexity index is 729. The Morgan fingerprint density at radius 1 is 1.11 bits per heavy atom. The highest BCUT2D eigenvalue weighted by molar-refractivity contribution is 6.33. The molecule has 144 valence electrons. The van der Waals surface area contributed by atoms with Crippen LogP contribution in [0.25, 0.3) is 0 Å². The number of quaternary nitrogens is 1. The van der Waals surface area contributed by atoms with Gasteiger partial charge in [0.1, 0.15) is 0 Å². The maximum atomic E-state index is 12.4. The van der Waals surface area contributed by atoms with Gasteiger partial charge in [0, 0.05) is 6.04 Å². The monoisotopic (exact) mass is 386 g/mol. The fourth-order valence-electron chi connectivity index (χ4n) is 3.60. The van der Waals surface area contributed by atoms with E-state index in [1.165, 1.54) is 10.5 Å². The number of benzene rings is 2. The van der Waals surface area contributed by atoms with Gasteiger partial charge in [0.15, 0.2) is 6.54 Å². The molecule has 1 aliphatic heterocycles. The molecule has 0 spiro atoms. The second-order valence-corrected chi connectivity index (χ2v) is 7.77. The molecule has 0 aromatic heterocycles.